The largest absolute Gasteiger partial charge is 0.507 e. The number of aromatic hydroxyl groups is 1. The number of benzene rings is 1. The monoisotopic (exact) mass is 144 g/mol. The lowest BCUT2D eigenvalue weighted by molar-refractivity contribution is 0.473. The van der Waals surface area contributed by atoms with Crippen molar-refractivity contribution in [3.63, 3.8) is 0 Å². The first kappa shape index (κ1) is 7.11. The average molecular weight is 144 g/mol. The lowest BCUT2D eigenvalue weighted by Crippen LogP contribution is -1.78. The van der Waals surface area contributed by atoms with E-state index < -0.39 is 0 Å². The van der Waals surface area contributed by atoms with E-state index in [2.05, 4.69) is 0 Å². The minimum absolute atomic E-state index is 0.147. The Morgan fingerprint density at radius 3 is 2.36 bits per heavy atom. The SMILES string of the molecule is N#Cc1ccc(C#N)c(O)c1. The summed E-state index contributed by atoms with van der Waals surface area (Å²) < 4.78 is 0. The fraction of sp³-hybridized carbons (Fsp3) is 0. The van der Waals surface area contributed by atoms with Crippen molar-refractivity contribution in [2.24, 2.45) is 0 Å². The van der Waals surface area contributed by atoms with Crippen LogP contribution in [-0.4, -0.2) is 5.11 Å². The van der Waals surface area contributed by atoms with E-state index >= 15 is 0 Å². The number of hydrogen-bond acceptors (Lipinski definition) is 3. The summed E-state index contributed by atoms with van der Waals surface area (Å²) >= 11 is 0. The Morgan fingerprint density at radius 2 is 1.91 bits per heavy atom. The predicted molar refractivity (Wildman–Crippen MR) is 37.5 cm³/mol. The van der Waals surface area contributed by atoms with Crippen molar-refractivity contribution < 1.29 is 5.11 Å². The Balaban J connectivity index is 3.25. The lowest BCUT2D eigenvalue weighted by Gasteiger charge is -1.93. The van der Waals surface area contributed by atoms with Gasteiger partial charge in [-0.25, -0.2) is 0 Å². The topological polar surface area (TPSA) is 67.8 Å². The van der Waals surface area contributed by atoms with Gasteiger partial charge in [-0.05, 0) is 18.2 Å². The highest BCUT2D eigenvalue weighted by Gasteiger charge is 1.99. The zero-order valence-corrected chi connectivity index (χ0v) is 5.57. The van der Waals surface area contributed by atoms with E-state index in [0.717, 1.165) is 0 Å². The molecule has 0 unspecified atom stereocenters. The first-order chi connectivity index (χ1) is 5.27. The molecule has 1 rings (SSSR count). The van der Waals surface area contributed by atoms with Gasteiger partial charge in [0.1, 0.15) is 11.8 Å². The van der Waals surface area contributed by atoms with E-state index in [1.807, 2.05) is 6.07 Å². The van der Waals surface area contributed by atoms with Gasteiger partial charge in [0.15, 0.2) is 0 Å². The van der Waals surface area contributed by atoms with Crippen molar-refractivity contribution in [3.05, 3.63) is 29.3 Å². The minimum Gasteiger partial charge on any atom is -0.507 e. The summed E-state index contributed by atoms with van der Waals surface area (Å²) in [5, 5.41) is 25.8. The normalized spacial score (nSPS) is 8.18. The van der Waals surface area contributed by atoms with Gasteiger partial charge < -0.3 is 5.11 Å². The average Bonchev–Trinajstić information content (AvgIpc) is 2.04. The molecule has 1 aromatic rings. The van der Waals surface area contributed by atoms with E-state index in [0.29, 0.717) is 5.56 Å². The van der Waals surface area contributed by atoms with Crippen LogP contribution in [0.4, 0.5) is 0 Å². The summed E-state index contributed by atoms with van der Waals surface area (Å²) in [6, 6.07) is 7.79. The Bertz CT molecular complexity index is 357. The molecular formula is C8H4N2O. The Kier molecular flexibility index (Phi) is 1.76. The summed E-state index contributed by atoms with van der Waals surface area (Å²) in [6.45, 7) is 0. The van der Waals surface area contributed by atoms with Crippen LogP contribution in [0.3, 0.4) is 0 Å². The van der Waals surface area contributed by atoms with Crippen molar-refractivity contribution in [1.82, 2.24) is 0 Å². The molecule has 0 aliphatic heterocycles. The number of rotatable bonds is 0. The molecule has 0 saturated heterocycles. The summed E-state index contributed by atoms with van der Waals surface area (Å²) in [6.07, 6.45) is 0. The molecule has 0 saturated carbocycles. The Labute approximate surface area is 63.7 Å². The minimum atomic E-state index is -0.147. The molecule has 1 aromatic carbocycles. The zero-order valence-electron chi connectivity index (χ0n) is 5.57. The summed E-state index contributed by atoms with van der Waals surface area (Å²) in [5.74, 6) is -0.147. The van der Waals surface area contributed by atoms with Crippen LogP contribution < -0.4 is 0 Å². The number of phenolic OH excluding ortho intramolecular Hbond substituents is 1. The van der Waals surface area contributed by atoms with Crippen LogP contribution >= 0.6 is 0 Å². The molecule has 0 amide bonds. The number of hydrogen-bond donors (Lipinski definition) is 1. The van der Waals surface area contributed by atoms with Crippen LogP contribution in [-0.2, 0) is 0 Å². The highest BCUT2D eigenvalue weighted by molar-refractivity contribution is 5.47. The predicted octanol–water partition coefficient (Wildman–Crippen LogP) is 1.14. The van der Waals surface area contributed by atoms with E-state index in [1.165, 1.54) is 18.2 Å². The third-order valence-corrected chi connectivity index (χ3v) is 1.25. The van der Waals surface area contributed by atoms with Crippen LogP contribution in [0.25, 0.3) is 0 Å². The molecule has 0 aromatic heterocycles. The number of nitrogens with zero attached hydrogens (tertiary/aromatic N) is 2. The van der Waals surface area contributed by atoms with Gasteiger partial charge in [0.25, 0.3) is 0 Å². The van der Waals surface area contributed by atoms with E-state index in [9.17, 15) is 0 Å². The van der Waals surface area contributed by atoms with Crippen molar-refractivity contribution in [1.29, 1.82) is 10.5 Å². The van der Waals surface area contributed by atoms with Gasteiger partial charge in [-0.15, -0.1) is 0 Å². The molecule has 0 fully saturated rings. The molecule has 0 heterocycles. The smallest absolute Gasteiger partial charge is 0.134 e. The number of phenols is 1. The molecule has 0 bridgehead atoms. The van der Waals surface area contributed by atoms with Gasteiger partial charge in [0, 0.05) is 0 Å². The van der Waals surface area contributed by atoms with Crippen molar-refractivity contribution in [3.8, 4) is 17.9 Å². The zero-order chi connectivity index (χ0) is 8.27. The second-order valence-corrected chi connectivity index (χ2v) is 1.96. The van der Waals surface area contributed by atoms with E-state index in [1.54, 1.807) is 6.07 Å². The van der Waals surface area contributed by atoms with Gasteiger partial charge in [0.05, 0.1) is 17.2 Å². The van der Waals surface area contributed by atoms with Gasteiger partial charge in [0.2, 0.25) is 0 Å². The molecule has 0 radical (unpaired) electrons. The standard InChI is InChI=1S/C8H4N2O/c9-4-6-1-2-7(5-10)8(11)3-6/h1-3,11H. The quantitative estimate of drug-likeness (QED) is 0.593. The highest BCUT2D eigenvalue weighted by atomic mass is 16.3. The van der Waals surface area contributed by atoms with Crippen LogP contribution in [0, 0.1) is 22.7 Å². The fourth-order valence-corrected chi connectivity index (χ4v) is 0.696. The molecule has 52 valence electrons. The second-order valence-electron chi connectivity index (χ2n) is 1.96. The summed E-state index contributed by atoms with van der Waals surface area (Å²) in [5.41, 5.74) is 0.533. The first-order valence-electron chi connectivity index (χ1n) is 2.91. The van der Waals surface area contributed by atoms with Crippen LogP contribution in [0.2, 0.25) is 0 Å². The van der Waals surface area contributed by atoms with Crippen LogP contribution in [0.1, 0.15) is 11.1 Å². The third kappa shape index (κ3) is 1.28. The maximum Gasteiger partial charge on any atom is 0.134 e. The molecule has 0 aliphatic rings. The molecule has 3 nitrogen and oxygen atoms in total. The highest BCUT2D eigenvalue weighted by Crippen LogP contribution is 2.16. The van der Waals surface area contributed by atoms with Crippen LogP contribution in [0.15, 0.2) is 18.2 Å². The first-order valence-corrected chi connectivity index (χ1v) is 2.91. The summed E-state index contributed by atoms with van der Waals surface area (Å²) in [4.78, 5) is 0. The van der Waals surface area contributed by atoms with Gasteiger partial charge in [-0.1, -0.05) is 0 Å². The van der Waals surface area contributed by atoms with Gasteiger partial charge in [-0.3, -0.25) is 0 Å². The molecule has 11 heavy (non-hydrogen) atoms. The molecule has 0 aliphatic carbocycles. The third-order valence-electron chi connectivity index (χ3n) is 1.25. The van der Waals surface area contributed by atoms with Crippen molar-refractivity contribution in [2.45, 2.75) is 0 Å². The number of nitriles is 2. The molecular weight excluding hydrogens is 140 g/mol. The molecule has 0 spiro atoms. The van der Waals surface area contributed by atoms with Crippen molar-refractivity contribution in [2.75, 3.05) is 0 Å². The molecule has 1 N–H and O–H groups in total. The maximum atomic E-state index is 9.05. The van der Waals surface area contributed by atoms with Crippen molar-refractivity contribution >= 4 is 0 Å². The second kappa shape index (κ2) is 2.72. The lowest BCUT2D eigenvalue weighted by atomic mass is 10.1. The van der Waals surface area contributed by atoms with Crippen LogP contribution in [0.5, 0.6) is 5.75 Å². The Hall–Kier alpha value is -2.00. The van der Waals surface area contributed by atoms with Gasteiger partial charge >= 0.3 is 0 Å². The molecule has 0 atom stereocenters. The van der Waals surface area contributed by atoms with E-state index in [-0.39, 0.29) is 11.3 Å². The maximum absolute atomic E-state index is 9.05. The van der Waals surface area contributed by atoms with E-state index in [4.69, 9.17) is 15.6 Å². The molecule has 3 heteroatoms. The van der Waals surface area contributed by atoms with Gasteiger partial charge in [-0.2, -0.15) is 10.5 Å². The fourth-order valence-electron chi connectivity index (χ4n) is 0.696. The Morgan fingerprint density at radius 1 is 1.18 bits per heavy atom. The summed E-state index contributed by atoms with van der Waals surface area (Å²) in [7, 11) is 0.